The van der Waals surface area contributed by atoms with E-state index in [1.54, 1.807) is 6.20 Å². The second kappa shape index (κ2) is 9.67. The first-order valence-corrected chi connectivity index (χ1v) is 9.28. The van der Waals surface area contributed by atoms with Crippen LogP contribution < -0.4 is 5.73 Å². The number of rotatable bonds is 6. The summed E-state index contributed by atoms with van der Waals surface area (Å²) in [6.45, 7) is 8.16. The Bertz CT molecular complexity index is 610. The maximum Gasteiger partial charge on any atom is 0.229 e. The van der Waals surface area contributed by atoms with Crippen LogP contribution in [0.3, 0.4) is 0 Å². The summed E-state index contributed by atoms with van der Waals surface area (Å²) in [5.74, 6) is 1.27. The maximum atomic E-state index is 10.6. The van der Waals surface area contributed by atoms with Gasteiger partial charge >= 0.3 is 0 Å². The number of imidazole rings is 1. The fraction of sp³-hybridized carbons (Fsp3) is 0.562. The van der Waals surface area contributed by atoms with Gasteiger partial charge in [0.25, 0.3) is 0 Å². The lowest BCUT2D eigenvalue weighted by Gasteiger charge is -2.15. The van der Waals surface area contributed by atoms with Crippen LogP contribution in [-0.2, 0) is 11.2 Å². The summed E-state index contributed by atoms with van der Waals surface area (Å²) < 4.78 is 0. The Balaban J connectivity index is 0.000000245. The van der Waals surface area contributed by atoms with Crippen LogP contribution >= 0.6 is 8.38 Å². The minimum atomic E-state index is -2.21. The van der Waals surface area contributed by atoms with Crippen LogP contribution in [0, 0.1) is 11.8 Å². The average molecular weight is 354 g/mol. The number of aromatic nitrogens is 3. The van der Waals surface area contributed by atoms with Gasteiger partial charge in [-0.25, -0.2) is 9.97 Å². The second-order valence-corrected chi connectivity index (χ2v) is 7.79. The first kappa shape index (κ1) is 20.5. The van der Waals surface area contributed by atoms with Crippen LogP contribution in [-0.4, -0.2) is 36.3 Å². The number of carbonyl (C=O) groups excluding carboxylic acids is 1. The van der Waals surface area contributed by atoms with Gasteiger partial charge in [-0.3, -0.25) is 4.79 Å². The van der Waals surface area contributed by atoms with Crippen LogP contribution in [0.25, 0.3) is 11.2 Å². The van der Waals surface area contributed by atoms with E-state index in [-0.39, 0.29) is 5.92 Å². The molecule has 0 aliphatic heterocycles. The monoisotopic (exact) mass is 354 g/mol. The largest absolute Gasteiger partial charge is 0.369 e. The summed E-state index contributed by atoms with van der Waals surface area (Å²) in [5, 5.41) is 0. The average Bonchev–Trinajstić information content (AvgIpc) is 2.85. The van der Waals surface area contributed by atoms with Gasteiger partial charge in [-0.2, -0.15) is 0 Å². The number of nitrogens with one attached hydrogen (secondary N) is 1. The van der Waals surface area contributed by atoms with Crippen molar-refractivity contribution < 1.29 is 14.6 Å². The molecule has 0 saturated carbocycles. The minimum absolute atomic E-state index is 0.247. The highest BCUT2D eigenvalue weighted by molar-refractivity contribution is 7.47. The second-order valence-electron chi connectivity index (χ2n) is 6.52. The van der Waals surface area contributed by atoms with Crippen LogP contribution in [0.1, 0.15) is 39.9 Å². The highest BCUT2D eigenvalue weighted by Crippen LogP contribution is 2.34. The molecule has 1 atom stereocenters. The molecule has 0 aromatic carbocycles. The van der Waals surface area contributed by atoms with Crippen molar-refractivity contribution in [3.63, 3.8) is 0 Å². The van der Waals surface area contributed by atoms with Gasteiger partial charge in [-0.1, -0.05) is 27.7 Å². The first-order chi connectivity index (χ1) is 11.2. The predicted molar refractivity (Wildman–Crippen MR) is 96.2 cm³/mol. The third-order valence-electron chi connectivity index (χ3n) is 3.21. The molecule has 2 aromatic heterocycles. The molecule has 0 radical (unpaired) electrons. The number of aromatic amines is 1. The minimum Gasteiger partial charge on any atom is -0.369 e. The topological polar surface area (TPSA) is 125 Å². The molecule has 7 nitrogen and oxygen atoms in total. The summed E-state index contributed by atoms with van der Waals surface area (Å²) in [7, 11) is -2.21. The highest BCUT2D eigenvalue weighted by atomic mass is 31.2. The van der Waals surface area contributed by atoms with Crippen LogP contribution in [0.2, 0.25) is 0 Å². The first-order valence-electron chi connectivity index (χ1n) is 7.96. The molecule has 0 aliphatic carbocycles. The number of pyridine rings is 1. The quantitative estimate of drug-likeness (QED) is 0.593. The molecule has 0 aliphatic rings. The lowest BCUT2D eigenvalue weighted by atomic mass is 10.1. The fourth-order valence-electron chi connectivity index (χ4n) is 2.15. The molecule has 2 aromatic rings. The van der Waals surface area contributed by atoms with Crippen molar-refractivity contribution >= 4 is 25.4 Å². The molecule has 0 spiro atoms. The number of nitrogens with two attached hydrogens (primary N) is 1. The van der Waals surface area contributed by atoms with Gasteiger partial charge in [0.05, 0.1) is 5.52 Å². The summed E-state index contributed by atoms with van der Waals surface area (Å²) >= 11 is 0. The normalized spacial score (nSPS) is 12.5. The zero-order chi connectivity index (χ0) is 18.3. The molecule has 2 heterocycles. The lowest BCUT2D eigenvalue weighted by Crippen LogP contribution is -2.28. The third kappa shape index (κ3) is 6.91. The molecule has 2 rings (SSSR count). The molecule has 24 heavy (non-hydrogen) atoms. The van der Waals surface area contributed by atoms with Crippen LogP contribution in [0.5, 0.6) is 0 Å². The zero-order valence-electron chi connectivity index (χ0n) is 14.6. The van der Waals surface area contributed by atoms with Gasteiger partial charge in [0.1, 0.15) is 11.5 Å². The van der Waals surface area contributed by atoms with Crippen molar-refractivity contribution in [2.24, 2.45) is 17.6 Å². The molecule has 1 amide bonds. The molecular formula is C16H27N4O3P. The fourth-order valence-corrected chi connectivity index (χ4v) is 2.99. The Morgan fingerprint density at radius 3 is 2.38 bits per heavy atom. The van der Waals surface area contributed by atoms with Gasteiger partial charge in [-0.05, 0) is 30.4 Å². The lowest BCUT2D eigenvalue weighted by molar-refractivity contribution is -0.118. The standard InChI is InChI=1S/C10H13N3.C6H14NO3P/c1-7(2)6-9-12-8-4-3-5-11-10(8)13-9;1-4(2)3-5(6(7)8)11(9)10/h3-5,7H,6H2,1-2H3,(H,11,12,13);4-5,9-10H,3H2,1-2H3,(H2,7,8). The number of H-pyrrole nitrogens is 1. The molecule has 134 valence electrons. The summed E-state index contributed by atoms with van der Waals surface area (Å²) in [5.41, 5.74) is 6.01. The van der Waals surface area contributed by atoms with Gasteiger partial charge in [-0.15, -0.1) is 0 Å². The van der Waals surface area contributed by atoms with E-state index in [1.165, 1.54) is 0 Å². The number of hydrogen-bond donors (Lipinski definition) is 4. The Morgan fingerprint density at radius 2 is 1.96 bits per heavy atom. The van der Waals surface area contributed by atoms with Crippen LogP contribution in [0.4, 0.5) is 0 Å². The van der Waals surface area contributed by atoms with Gasteiger partial charge in [0, 0.05) is 12.6 Å². The van der Waals surface area contributed by atoms with Crippen molar-refractivity contribution in [1.82, 2.24) is 15.0 Å². The molecule has 5 N–H and O–H groups in total. The predicted octanol–water partition coefficient (Wildman–Crippen LogP) is 2.34. The molecule has 0 fully saturated rings. The van der Waals surface area contributed by atoms with Crippen molar-refractivity contribution in [3.05, 3.63) is 24.2 Å². The van der Waals surface area contributed by atoms with E-state index in [4.69, 9.17) is 15.5 Å². The third-order valence-corrected chi connectivity index (χ3v) is 4.23. The van der Waals surface area contributed by atoms with E-state index in [0.29, 0.717) is 12.3 Å². The highest BCUT2D eigenvalue weighted by Gasteiger charge is 2.24. The van der Waals surface area contributed by atoms with Crippen molar-refractivity contribution in [2.75, 3.05) is 0 Å². The van der Waals surface area contributed by atoms with Gasteiger partial charge in [0.2, 0.25) is 5.91 Å². The van der Waals surface area contributed by atoms with E-state index in [2.05, 4.69) is 28.8 Å². The Morgan fingerprint density at radius 1 is 1.29 bits per heavy atom. The number of carbonyl (C=O) groups is 1. The van der Waals surface area contributed by atoms with Gasteiger partial charge < -0.3 is 20.5 Å². The van der Waals surface area contributed by atoms with E-state index in [9.17, 15) is 4.79 Å². The molecular weight excluding hydrogens is 327 g/mol. The number of amides is 1. The zero-order valence-corrected chi connectivity index (χ0v) is 15.5. The number of primary amides is 1. The Labute approximate surface area is 143 Å². The Hall–Kier alpha value is -1.56. The van der Waals surface area contributed by atoms with Crippen molar-refractivity contribution in [3.8, 4) is 0 Å². The van der Waals surface area contributed by atoms with Crippen LogP contribution in [0.15, 0.2) is 18.3 Å². The molecule has 1 unspecified atom stereocenters. The SMILES string of the molecule is CC(C)CC(C(N)=O)P(O)O.CC(C)Cc1nc2ncccc2[nH]1. The van der Waals surface area contributed by atoms with E-state index >= 15 is 0 Å². The number of nitrogens with zero attached hydrogens (tertiary/aromatic N) is 2. The molecule has 8 heteroatoms. The smallest absolute Gasteiger partial charge is 0.229 e. The maximum absolute atomic E-state index is 10.6. The molecule has 0 saturated heterocycles. The number of fused-ring (bicyclic) bond motifs is 1. The summed E-state index contributed by atoms with van der Waals surface area (Å²) in [4.78, 5) is 39.9. The summed E-state index contributed by atoms with van der Waals surface area (Å²) in [6, 6.07) is 3.92. The Kier molecular flexibility index (Phi) is 8.25. The number of hydrogen-bond acceptors (Lipinski definition) is 5. The molecule has 0 bridgehead atoms. The van der Waals surface area contributed by atoms with E-state index < -0.39 is 19.9 Å². The van der Waals surface area contributed by atoms with E-state index in [1.807, 2.05) is 26.0 Å². The van der Waals surface area contributed by atoms with Crippen molar-refractivity contribution in [1.29, 1.82) is 0 Å². The van der Waals surface area contributed by atoms with Gasteiger partial charge in [0.15, 0.2) is 14.0 Å². The van der Waals surface area contributed by atoms with Crippen molar-refractivity contribution in [2.45, 2.75) is 46.2 Å². The summed E-state index contributed by atoms with van der Waals surface area (Å²) in [6.07, 6.45) is 3.19. The van der Waals surface area contributed by atoms with E-state index in [0.717, 1.165) is 23.4 Å².